The third kappa shape index (κ3) is 5.12. The van der Waals surface area contributed by atoms with Crippen molar-refractivity contribution in [2.45, 2.75) is 25.8 Å². The first-order valence-corrected chi connectivity index (χ1v) is 9.40. The van der Waals surface area contributed by atoms with Crippen molar-refractivity contribution in [1.29, 1.82) is 0 Å². The van der Waals surface area contributed by atoms with Gasteiger partial charge in [-0.1, -0.05) is 44.2 Å². The lowest BCUT2D eigenvalue weighted by Crippen LogP contribution is -2.11. The molecule has 29 heavy (non-hydrogen) atoms. The average molecular weight is 425 g/mol. The van der Waals surface area contributed by atoms with E-state index in [1.54, 1.807) is 38.1 Å². The number of alkyl halides is 3. The van der Waals surface area contributed by atoms with E-state index in [4.69, 9.17) is 9.47 Å². The predicted molar refractivity (Wildman–Crippen MR) is 104 cm³/mol. The highest BCUT2D eigenvalue weighted by Gasteiger charge is 2.62. The fraction of sp³-hybridized carbons (Fsp3) is 0.318. The molecular formula is C22H20ClF3O3. The van der Waals surface area contributed by atoms with Gasteiger partial charge in [-0.2, -0.15) is 8.78 Å². The van der Waals surface area contributed by atoms with Crippen LogP contribution in [0.25, 0.3) is 0 Å². The normalized spacial score (nSPS) is 20.8. The van der Waals surface area contributed by atoms with Crippen LogP contribution >= 0.6 is 11.6 Å². The lowest BCUT2D eigenvalue weighted by molar-refractivity contribution is -0.147. The molecule has 7 heteroatoms. The monoisotopic (exact) mass is 424 g/mol. The predicted octanol–water partition coefficient (Wildman–Crippen LogP) is 6.48. The number of benzene rings is 2. The number of halogens is 4. The lowest BCUT2D eigenvalue weighted by atomic mass is 10.1. The summed E-state index contributed by atoms with van der Waals surface area (Å²) < 4.78 is 50.2. The number of para-hydroxylation sites is 1. The van der Waals surface area contributed by atoms with Crippen molar-refractivity contribution in [3.8, 4) is 11.5 Å². The first-order valence-electron chi connectivity index (χ1n) is 9.02. The van der Waals surface area contributed by atoms with E-state index < -0.39 is 34.4 Å². The molecule has 2 aromatic carbocycles. The van der Waals surface area contributed by atoms with Gasteiger partial charge in [0.1, 0.15) is 18.1 Å². The van der Waals surface area contributed by atoms with Crippen LogP contribution < -0.4 is 4.74 Å². The van der Waals surface area contributed by atoms with E-state index in [0.717, 1.165) is 0 Å². The molecule has 3 nitrogen and oxygen atoms in total. The second kappa shape index (κ2) is 8.11. The first-order chi connectivity index (χ1) is 13.6. The topological polar surface area (TPSA) is 35.5 Å². The summed E-state index contributed by atoms with van der Waals surface area (Å²) in [5, 5.41) is -4.08. The number of hydrogen-bond acceptors (Lipinski definition) is 3. The van der Waals surface area contributed by atoms with Crippen molar-refractivity contribution >= 4 is 17.6 Å². The Balaban J connectivity index is 1.60. The van der Waals surface area contributed by atoms with Crippen LogP contribution in [0.2, 0.25) is 0 Å². The third-order valence-corrected chi connectivity index (χ3v) is 5.20. The molecule has 0 saturated heterocycles. The van der Waals surface area contributed by atoms with Crippen LogP contribution in [0.15, 0.2) is 66.5 Å². The van der Waals surface area contributed by atoms with Gasteiger partial charge in [-0.15, -0.1) is 0 Å². The number of hydrogen-bond donors (Lipinski definition) is 0. The highest BCUT2D eigenvalue weighted by Crippen LogP contribution is 2.60. The molecule has 0 N–H and O–H groups in total. The van der Waals surface area contributed by atoms with Gasteiger partial charge in [0.25, 0.3) is 0 Å². The molecule has 154 valence electrons. The van der Waals surface area contributed by atoms with Gasteiger partial charge in [0, 0.05) is 0 Å². The fourth-order valence-electron chi connectivity index (χ4n) is 3.26. The Morgan fingerprint density at radius 3 is 2.45 bits per heavy atom. The van der Waals surface area contributed by atoms with Gasteiger partial charge in [-0.3, -0.25) is 4.79 Å². The van der Waals surface area contributed by atoms with E-state index in [2.05, 4.69) is 11.6 Å². The molecule has 0 amide bonds. The van der Waals surface area contributed by atoms with E-state index in [-0.39, 0.29) is 6.61 Å². The minimum absolute atomic E-state index is 0.0119. The summed E-state index contributed by atoms with van der Waals surface area (Å²) in [6, 6.07) is 16.3. The van der Waals surface area contributed by atoms with Gasteiger partial charge >= 0.3 is 11.4 Å². The summed E-state index contributed by atoms with van der Waals surface area (Å²) in [4.78, 5) is 12.4. The van der Waals surface area contributed by atoms with Crippen LogP contribution in [0.4, 0.5) is 13.2 Å². The van der Waals surface area contributed by atoms with E-state index in [1.165, 1.54) is 0 Å². The van der Waals surface area contributed by atoms with Gasteiger partial charge in [-0.25, -0.2) is 4.39 Å². The summed E-state index contributed by atoms with van der Waals surface area (Å²) in [5.74, 6) is -2.48. The minimum atomic E-state index is -4.08. The zero-order valence-electron chi connectivity index (χ0n) is 15.9. The molecule has 0 bridgehead atoms. The molecular weight excluding hydrogens is 405 g/mol. The Morgan fingerprint density at radius 1 is 1.14 bits per heavy atom. The van der Waals surface area contributed by atoms with Crippen molar-refractivity contribution < 1.29 is 27.4 Å². The van der Waals surface area contributed by atoms with E-state index >= 15 is 0 Å². The molecule has 0 aromatic heterocycles. The van der Waals surface area contributed by atoms with Crippen molar-refractivity contribution in [3.63, 3.8) is 0 Å². The van der Waals surface area contributed by atoms with E-state index in [1.807, 2.05) is 30.3 Å². The standard InChI is InChI=1S/C22H20ClF3O3/c1-21(2)17(12-18(24)22(23,25)26)19(21)20(27)28-13-14-7-6-10-16(11-14)29-15-8-4-3-5-9-15/h3-12,17,19H,13H2,1-2H3/t17-,19-/m0/s1. The number of carbonyl (C=O) groups excluding carboxylic acids is 1. The molecule has 2 aromatic rings. The summed E-state index contributed by atoms with van der Waals surface area (Å²) in [7, 11) is 0. The quantitative estimate of drug-likeness (QED) is 0.377. The second-order valence-electron chi connectivity index (χ2n) is 7.51. The summed E-state index contributed by atoms with van der Waals surface area (Å²) >= 11 is 4.69. The van der Waals surface area contributed by atoms with Crippen LogP contribution in [0, 0.1) is 17.3 Å². The largest absolute Gasteiger partial charge is 0.461 e. The van der Waals surface area contributed by atoms with E-state index in [0.29, 0.717) is 23.1 Å². The average Bonchev–Trinajstić information content (AvgIpc) is 3.20. The maximum Gasteiger partial charge on any atom is 0.373 e. The van der Waals surface area contributed by atoms with Gasteiger partial charge < -0.3 is 9.47 Å². The summed E-state index contributed by atoms with van der Waals surface area (Å²) in [6.45, 7) is 3.37. The lowest BCUT2D eigenvalue weighted by Gasteiger charge is -2.09. The number of ether oxygens (including phenoxy) is 2. The molecule has 1 fully saturated rings. The Labute approximate surface area is 172 Å². The van der Waals surface area contributed by atoms with Gasteiger partial charge in [0.15, 0.2) is 5.83 Å². The first kappa shape index (κ1) is 21.2. The van der Waals surface area contributed by atoms with Gasteiger partial charge in [-0.05, 0) is 58.8 Å². The molecule has 1 aliphatic carbocycles. The Bertz CT molecular complexity index is 907. The maximum atomic E-state index is 13.5. The molecule has 2 atom stereocenters. The van der Waals surface area contributed by atoms with Crippen LogP contribution in [-0.2, 0) is 16.1 Å². The van der Waals surface area contributed by atoms with Crippen molar-refractivity contribution in [3.05, 3.63) is 72.1 Å². The van der Waals surface area contributed by atoms with Crippen LogP contribution in [0.1, 0.15) is 19.4 Å². The van der Waals surface area contributed by atoms with Crippen molar-refractivity contribution in [2.24, 2.45) is 17.3 Å². The zero-order chi connectivity index (χ0) is 21.2. The number of allylic oxidation sites excluding steroid dienone is 2. The smallest absolute Gasteiger partial charge is 0.373 e. The van der Waals surface area contributed by atoms with E-state index in [9.17, 15) is 18.0 Å². The van der Waals surface area contributed by atoms with Crippen LogP contribution in [-0.4, -0.2) is 11.4 Å². The molecule has 0 radical (unpaired) electrons. The van der Waals surface area contributed by atoms with Crippen molar-refractivity contribution in [2.75, 3.05) is 0 Å². The van der Waals surface area contributed by atoms with Gasteiger partial charge in [0.05, 0.1) is 5.92 Å². The third-order valence-electron chi connectivity index (χ3n) is 5.02. The molecule has 0 spiro atoms. The fourth-order valence-corrected chi connectivity index (χ4v) is 3.32. The molecule has 0 aliphatic heterocycles. The molecule has 1 aliphatic rings. The Kier molecular flexibility index (Phi) is 5.94. The summed E-state index contributed by atoms with van der Waals surface area (Å²) in [6.07, 6.45) is 0.716. The highest BCUT2D eigenvalue weighted by molar-refractivity contribution is 6.23. The maximum absolute atomic E-state index is 13.5. The number of esters is 1. The Morgan fingerprint density at radius 2 is 1.79 bits per heavy atom. The number of rotatable bonds is 7. The molecule has 1 saturated carbocycles. The highest BCUT2D eigenvalue weighted by atomic mass is 35.5. The van der Waals surface area contributed by atoms with Crippen LogP contribution in [0.3, 0.4) is 0 Å². The van der Waals surface area contributed by atoms with Gasteiger partial charge in [0.2, 0.25) is 0 Å². The minimum Gasteiger partial charge on any atom is -0.461 e. The molecule has 0 unspecified atom stereocenters. The molecule has 0 heterocycles. The molecule has 3 rings (SSSR count). The second-order valence-corrected chi connectivity index (χ2v) is 7.98. The SMILES string of the molecule is CC1(C)[C@H](C(=O)OCc2cccc(Oc3ccccc3)c2)[C@@H]1C=C(F)C(F)(F)Cl. The number of carbonyl (C=O) groups is 1. The van der Waals surface area contributed by atoms with Crippen LogP contribution in [0.5, 0.6) is 11.5 Å². The Hall–Kier alpha value is -2.47. The van der Waals surface area contributed by atoms with Crippen molar-refractivity contribution in [1.82, 2.24) is 0 Å². The zero-order valence-corrected chi connectivity index (χ0v) is 16.6. The summed E-state index contributed by atoms with van der Waals surface area (Å²) in [5.41, 5.74) is 0.0188.